The number of aliphatic imine (C=N–C) groups is 1. The summed E-state index contributed by atoms with van der Waals surface area (Å²) in [6, 6.07) is 15.1. The Hall–Kier alpha value is -1.48. The first-order chi connectivity index (χ1) is 9.90. The van der Waals surface area contributed by atoms with Gasteiger partial charge in [0.1, 0.15) is 0 Å². The zero-order chi connectivity index (χ0) is 13.4. The van der Waals surface area contributed by atoms with Gasteiger partial charge in [-0.15, -0.1) is 0 Å². The molecule has 2 aromatic rings. The Balaban J connectivity index is 1.46. The summed E-state index contributed by atoms with van der Waals surface area (Å²) in [5.74, 6) is 0.931. The van der Waals surface area contributed by atoms with Gasteiger partial charge in [-0.05, 0) is 35.1 Å². The number of hydrogen-bond donors (Lipinski definition) is 1. The topological polar surface area (TPSA) is 24.4 Å². The molecule has 0 spiro atoms. The minimum absolute atomic E-state index is 0.741. The molecule has 1 atom stereocenters. The zero-order valence-electron chi connectivity index (χ0n) is 11.4. The molecule has 1 heterocycles. The summed E-state index contributed by atoms with van der Waals surface area (Å²) in [4.78, 5) is 4.64. The summed E-state index contributed by atoms with van der Waals surface area (Å²) in [6.45, 7) is 1.87. The van der Waals surface area contributed by atoms with Crippen LogP contribution in [0.1, 0.15) is 18.4 Å². The summed E-state index contributed by atoms with van der Waals surface area (Å²) in [5.41, 5.74) is 1.35. The van der Waals surface area contributed by atoms with Crippen molar-refractivity contribution in [2.45, 2.75) is 24.6 Å². The van der Waals surface area contributed by atoms with Crippen LogP contribution in [0.3, 0.4) is 0 Å². The maximum absolute atomic E-state index is 4.64. The Morgan fingerprint density at radius 2 is 1.95 bits per heavy atom. The summed E-state index contributed by atoms with van der Waals surface area (Å²) >= 11 is 1.94. The highest BCUT2D eigenvalue weighted by molar-refractivity contribution is 8.14. The highest BCUT2D eigenvalue weighted by Crippen LogP contribution is 2.41. The molecule has 0 amide bonds. The van der Waals surface area contributed by atoms with Gasteiger partial charge in [0.25, 0.3) is 0 Å². The number of nitrogens with zero attached hydrogens (tertiary/aromatic N) is 1. The molecule has 1 aliphatic heterocycles. The van der Waals surface area contributed by atoms with E-state index in [2.05, 4.69) is 52.8 Å². The van der Waals surface area contributed by atoms with Crippen LogP contribution in [0.15, 0.2) is 47.5 Å². The number of amidine groups is 1. The molecule has 0 aromatic heterocycles. The summed E-state index contributed by atoms with van der Waals surface area (Å²) in [7, 11) is 0. The first-order valence-corrected chi connectivity index (χ1v) is 8.20. The number of nitrogens with one attached hydrogen (secondary N) is 1. The van der Waals surface area contributed by atoms with Crippen molar-refractivity contribution in [3.63, 3.8) is 0 Å². The summed E-state index contributed by atoms with van der Waals surface area (Å²) < 4.78 is 0. The van der Waals surface area contributed by atoms with Gasteiger partial charge < -0.3 is 5.32 Å². The summed E-state index contributed by atoms with van der Waals surface area (Å²) in [6.07, 6.45) is 2.81. The van der Waals surface area contributed by atoms with Crippen molar-refractivity contribution >= 4 is 27.7 Å². The van der Waals surface area contributed by atoms with Crippen LogP contribution >= 0.6 is 11.8 Å². The molecule has 3 heteroatoms. The third-order valence-corrected chi connectivity index (χ3v) is 5.47. The molecule has 1 saturated carbocycles. The van der Waals surface area contributed by atoms with E-state index in [9.17, 15) is 0 Å². The molecule has 1 unspecified atom stereocenters. The molecule has 0 saturated heterocycles. The number of rotatable bonds is 3. The van der Waals surface area contributed by atoms with Gasteiger partial charge in [-0.2, -0.15) is 0 Å². The second kappa shape index (κ2) is 5.13. The Morgan fingerprint density at radius 1 is 1.10 bits per heavy atom. The smallest absolute Gasteiger partial charge is 0.157 e. The number of thioether (sulfide) groups is 1. The van der Waals surface area contributed by atoms with Crippen LogP contribution in [-0.4, -0.2) is 17.0 Å². The SMILES string of the molecule is c1ccc2c(CNC3=NCC(C4CC4)S3)cccc2c1. The molecule has 20 heavy (non-hydrogen) atoms. The quantitative estimate of drug-likeness (QED) is 0.925. The predicted molar refractivity (Wildman–Crippen MR) is 87.2 cm³/mol. The molecular weight excluding hydrogens is 264 g/mol. The van der Waals surface area contributed by atoms with E-state index >= 15 is 0 Å². The maximum atomic E-state index is 4.64. The minimum Gasteiger partial charge on any atom is -0.361 e. The average Bonchev–Trinajstić information content (AvgIpc) is 3.24. The third kappa shape index (κ3) is 2.42. The highest BCUT2D eigenvalue weighted by Gasteiger charge is 2.35. The predicted octanol–water partition coefficient (Wildman–Crippen LogP) is 3.81. The van der Waals surface area contributed by atoms with Crippen molar-refractivity contribution in [1.82, 2.24) is 5.32 Å². The largest absolute Gasteiger partial charge is 0.361 e. The molecule has 1 aliphatic carbocycles. The fourth-order valence-electron chi connectivity index (χ4n) is 2.82. The van der Waals surface area contributed by atoms with Gasteiger partial charge in [-0.3, -0.25) is 4.99 Å². The van der Waals surface area contributed by atoms with E-state index in [-0.39, 0.29) is 0 Å². The molecule has 2 nitrogen and oxygen atoms in total. The molecule has 0 radical (unpaired) electrons. The maximum Gasteiger partial charge on any atom is 0.157 e. The van der Waals surface area contributed by atoms with Crippen LogP contribution in [0.5, 0.6) is 0 Å². The van der Waals surface area contributed by atoms with Crippen LogP contribution in [0, 0.1) is 5.92 Å². The van der Waals surface area contributed by atoms with E-state index in [1.807, 2.05) is 11.8 Å². The molecule has 1 N–H and O–H groups in total. The van der Waals surface area contributed by atoms with Crippen molar-refractivity contribution in [3.8, 4) is 0 Å². The Kier molecular flexibility index (Phi) is 3.15. The first-order valence-electron chi connectivity index (χ1n) is 7.32. The van der Waals surface area contributed by atoms with Crippen LogP contribution < -0.4 is 5.32 Å². The average molecular weight is 282 g/mol. The lowest BCUT2D eigenvalue weighted by atomic mass is 10.0. The molecule has 2 aliphatic rings. The Bertz CT molecular complexity index is 656. The Morgan fingerprint density at radius 3 is 2.85 bits per heavy atom. The van der Waals surface area contributed by atoms with Crippen molar-refractivity contribution < 1.29 is 0 Å². The molecule has 102 valence electrons. The van der Waals surface area contributed by atoms with E-state index in [0.717, 1.165) is 29.4 Å². The normalized spacial score (nSPS) is 22.0. The van der Waals surface area contributed by atoms with E-state index in [0.29, 0.717) is 0 Å². The molecule has 4 rings (SSSR count). The van der Waals surface area contributed by atoms with Gasteiger partial charge in [0.05, 0.1) is 6.54 Å². The van der Waals surface area contributed by atoms with Crippen molar-refractivity contribution in [3.05, 3.63) is 48.0 Å². The second-order valence-corrected chi connectivity index (χ2v) is 6.86. The lowest BCUT2D eigenvalue weighted by molar-refractivity contribution is 0.772. The van der Waals surface area contributed by atoms with Gasteiger partial charge in [0.2, 0.25) is 0 Å². The Labute approximate surface area is 123 Å². The molecule has 2 aromatic carbocycles. The van der Waals surface area contributed by atoms with Crippen molar-refractivity contribution in [2.24, 2.45) is 10.9 Å². The van der Waals surface area contributed by atoms with Crippen LogP contribution in [0.25, 0.3) is 10.8 Å². The van der Waals surface area contributed by atoms with Crippen LogP contribution in [-0.2, 0) is 6.54 Å². The van der Waals surface area contributed by atoms with Crippen molar-refractivity contribution in [1.29, 1.82) is 0 Å². The van der Waals surface area contributed by atoms with Gasteiger partial charge in [-0.25, -0.2) is 0 Å². The second-order valence-electron chi connectivity index (χ2n) is 5.63. The lowest BCUT2D eigenvalue weighted by Crippen LogP contribution is -2.19. The van der Waals surface area contributed by atoms with Gasteiger partial charge in [0, 0.05) is 11.8 Å². The standard InChI is InChI=1S/C17H18N2S/c1-2-7-15-12(4-1)5-3-6-14(15)10-18-17-19-11-16(20-17)13-8-9-13/h1-7,13,16H,8-11H2,(H,18,19). The van der Waals surface area contributed by atoms with Gasteiger partial charge in [-0.1, -0.05) is 54.2 Å². The van der Waals surface area contributed by atoms with Gasteiger partial charge >= 0.3 is 0 Å². The summed E-state index contributed by atoms with van der Waals surface area (Å²) in [5, 5.41) is 8.04. The highest BCUT2D eigenvalue weighted by atomic mass is 32.2. The molecule has 1 fully saturated rings. The molecular formula is C17H18N2S. The van der Waals surface area contributed by atoms with E-state index < -0.39 is 0 Å². The van der Waals surface area contributed by atoms with Crippen LogP contribution in [0.2, 0.25) is 0 Å². The lowest BCUT2D eigenvalue weighted by Gasteiger charge is -2.10. The fourth-order valence-corrected chi connectivity index (χ4v) is 4.02. The third-order valence-electron chi connectivity index (χ3n) is 4.14. The number of fused-ring (bicyclic) bond motifs is 1. The fraction of sp³-hybridized carbons (Fsp3) is 0.353. The monoisotopic (exact) mass is 282 g/mol. The van der Waals surface area contributed by atoms with E-state index in [4.69, 9.17) is 0 Å². The van der Waals surface area contributed by atoms with E-state index in [1.165, 1.54) is 29.2 Å². The minimum atomic E-state index is 0.741. The van der Waals surface area contributed by atoms with E-state index in [1.54, 1.807) is 0 Å². The van der Waals surface area contributed by atoms with Gasteiger partial charge in [0.15, 0.2) is 5.17 Å². The van der Waals surface area contributed by atoms with Crippen LogP contribution in [0.4, 0.5) is 0 Å². The number of benzene rings is 2. The molecule has 0 bridgehead atoms. The number of hydrogen-bond acceptors (Lipinski definition) is 3. The first kappa shape index (κ1) is 12.3. The zero-order valence-corrected chi connectivity index (χ0v) is 12.2. The van der Waals surface area contributed by atoms with Crippen molar-refractivity contribution in [2.75, 3.05) is 6.54 Å².